The Balaban J connectivity index is 1.66. The molecule has 0 amide bonds. The number of fused-ring (bicyclic) bond motifs is 1. The summed E-state index contributed by atoms with van der Waals surface area (Å²) < 4.78 is 5.67. The molecule has 3 aromatic rings. The zero-order valence-corrected chi connectivity index (χ0v) is 12.0. The lowest BCUT2D eigenvalue weighted by molar-refractivity contribution is 0.489. The fourth-order valence-corrected chi connectivity index (χ4v) is 2.63. The number of aromatic nitrogens is 2. The average molecular weight is 285 g/mol. The summed E-state index contributed by atoms with van der Waals surface area (Å²) in [5.74, 6) is 1.70. The number of para-hydroxylation sites is 2. The van der Waals surface area contributed by atoms with Crippen molar-refractivity contribution in [1.82, 2.24) is 9.97 Å². The highest BCUT2D eigenvalue weighted by atomic mass is 32.2. The van der Waals surface area contributed by atoms with E-state index in [0.29, 0.717) is 5.22 Å². The standard InChI is InChI=1S/C15H15N3OS/c1-2-16-14-8-7-11(9-17-14)10-20-15-18-12-5-3-4-6-13(12)19-15/h3-9H,2,10H2,1H3,(H,16,17). The van der Waals surface area contributed by atoms with E-state index < -0.39 is 0 Å². The second kappa shape index (κ2) is 5.96. The molecule has 0 aliphatic carbocycles. The van der Waals surface area contributed by atoms with Crippen molar-refractivity contribution >= 4 is 28.7 Å². The van der Waals surface area contributed by atoms with Crippen molar-refractivity contribution < 1.29 is 4.42 Å². The van der Waals surface area contributed by atoms with E-state index in [9.17, 15) is 0 Å². The number of nitrogens with one attached hydrogen (secondary N) is 1. The van der Waals surface area contributed by atoms with E-state index >= 15 is 0 Å². The molecule has 3 rings (SSSR count). The van der Waals surface area contributed by atoms with Crippen LogP contribution >= 0.6 is 11.8 Å². The lowest BCUT2D eigenvalue weighted by atomic mass is 10.3. The van der Waals surface area contributed by atoms with Gasteiger partial charge < -0.3 is 9.73 Å². The van der Waals surface area contributed by atoms with Crippen LogP contribution in [0.4, 0.5) is 5.82 Å². The number of pyridine rings is 1. The highest BCUT2D eigenvalue weighted by Gasteiger charge is 2.06. The second-order valence-corrected chi connectivity index (χ2v) is 5.24. The van der Waals surface area contributed by atoms with Gasteiger partial charge in [-0.2, -0.15) is 0 Å². The third-order valence-electron chi connectivity index (χ3n) is 2.82. The van der Waals surface area contributed by atoms with Crippen molar-refractivity contribution in [2.75, 3.05) is 11.9 Å². The molecule has 0 aliphatic rings. The summed E-state index contributed by atoms with van der Waals surface area (Å²) >= 11 is 1.58. The fraction of sp³-hybridized carbons (Fsp3) is 0.200. The largest absolute Gasteiger partial charge is 0.431 e. The molecule has 102 valence electrons. The number of hydrogen-bond donors (Lipinski definition) is 1. The molecule has 0 radical (unpaired) electrons. The number of thioether (sulfide) groups is 1. The number of nitrogens with zero attached hydrogens (tertiary/aromatic N) is 2. The van der Waals surface area contributed by atoms with E-state index in [1.807, 2.05) is 36.5 Å². The van der Waals surface area contributed by atoms with Crippen LogP contribution in [0.15, 0.2) is 52.2 Å². The second-order valence-electron chi connectivity index (χ2n) is 4.32. The Hall–Kier alpha value is -2.01. The predicted octanol–water partition coefficient (Wildman–Crippen LogP) is 3.95. The maximum atomic E-state index is 5.67. The van der Waals surface area contributed by atoms with Crippen molar-refractivity contribution in [1.29, 1.82) is 0 Å². The molecule has 1 aromatic carbocycles. The van der Waals surface area contributed by atoms with Gasteiger partial charge in [0.15, 0.2) is 5.58 Å². The lowest BCUT2D eigenvalue weighted by Gasteiger charge is -2.02. The number of anilines is 1. The zero-order chi connectivity index (χ0) is 13.8. The first-order valence-electron chi connectivity index (χ1n) is 6.52. The van der Waals surface area contributed by atoms with Gasteiger partial charge in [-0.1, -0.05) is 30.0 Å². The summed E-state index contributed by atoms with van der Waals surface area (Å²) in [5.41, 5.74) is 2.88. The van der Waals surface area contributed by atoms with Gasteiger partial charge >= 0.3 is 0 Å². The van der Waals surface area contributed by atoms with Crippen molar-refractivity contribution in [2.45, 2.75) is 17.9 Å². The van der Waals surface area contributed by atoms with Crippen molar-refractivity contribution in [2.24, 2.45) is 0 Å². The van der Waals surface area contributed by atoms with Crippen LogP contribution < -0.4 is 5.32 Å². The molecule has 0 saturated carbocycles. The van der Waals surface area contributed by atoms with Crippen molar-refractivity contribution in [3.05, 3.63) is 48.2 Å². The van der Waals surface area contributed by atoms with Crippen LogP contribution in [0.5, 0.6) is 0 Å². The molecule has 5 heteroatoms. The van der Waals surface area contributed by atoms with Crippen molar-refractivity contribution in [3.8, 4) is 0 Å². The smallest absolute Gasteiger partial charge is 0.257 e. The molecule has 0 atom stereocenters. The summed E-state index contributed by atoms with van der Waals surface area (Å²) in [4.78, 5) is 8.79. The van der Waals surface area contributed by atoms with Crippen LogP contribution in [0.2, 0.25) is 0 Å². The third-order valence-corrected chi connectivity index (χ3v) is 3.72. The fourth-order valence-electron chi connectivity index (χ4n) is 1.85. The van der Waals surface area contributed by atoms with Gasteiger partial charge in [-0.05, 0) is 30.7 Å². The van der Waals surface area contributed by atoms with Crippen LogP contribution in [0.25, 0.3) is 11.1 Å². The number of hydrogen-bond acceptors (Lipinski definition) is 5. The molecule has 2 aromatic heterocycles. The van der Waals surface area contributed by atoms with Crippen LogP contribution in [-0.4, -0.2) is 16.5 Å². The monoisotopic (exact) mass is 285 g/mol. The first-order valence-corrected chi connectivity index (χ1v) is 7.51. The lowest BCUT2D eigenvalue weighted by Crippen LogP contribution is -1.98. The summed E-state index contributed by atoms with van der Waals surface area (Å²) in [7, 11) is 0. The maximum absolute atomic E-state index is 5.67. The quantitative estimate of drug-likeness (QED) is 0.719. The summed E-state index contributed by atoms with van der Waals surface area (Å²) in [6.45, 7) is 2.93. The van der Waals surface area contributed by atoms with Crippen LogP contribution in [0.3, 0.4) is 0 Å². The molecular weight excluding hydrogens is 270 g/mol. The predicted molar refractivity (Wildman–Crippen MR) is 82.0 cm³/mol. The van der Waals surface area contributed by atoms with E-state index in [2.05, 4.69) is 28.3 Å². The van der Waals surface area contributed by atoms with Gasteiger partial charge in [-0.3, -0.25) is 0 Å². The Morgan fingerprint density at radius 2 is 2.10 bits per heavy atom. The third kappa shape index (κ3) is 2.93. The van der Waals surface area contributed by atoms with Crippen LogP contribution in [-0.2, 0) is 5.75 Å². The SMILES string of the molecule is CCNc1ccc(CSc2nc3ccccc3o2)cn1. The highest BCUT2D eigenvalue weighted by Crippen LogP contribution is 2.26. The molecular formula is C15H15N3OS. The Morgan fingerprint density at radius 3 is 2.85 bits per heavy atom. The van der Waals surface area contributed by atoms with Gasteiger partial charge in [0.05, 0.1) is 0 Å². The number of benzene rings is 1. The van der Waals surface area contributed by atoms with E-state index in [0.717, 1.165) is 34.8 Å². The number of oxazole rings is 1. The highest BCUT2D eigenvalue weighted by molar-refractivity contribution is 7.98. The minimum absolute atomic E-state index is 0.696. The molecule has 0 unspecified atom stereocenters. The van der Waals surface area contributed by atoms with Gasteiger partial charge in [0.2, 0.25) is 0 Å². The Morgan fingerprint density at radius 1 is 1.20 bits per heavy atom. The molecule has 0 fully saturated rings. The Kier molecular flexibility index (Phi) is 3.87. The molecule has 2 heterocycles. The molecule has 0 aliphatic heterocycles. The molecule has 0 saturated heterocycles. The molecule has 1 N–H and O–H groups in total. The summed E-state index contributed by atoms with van der Waals surface area (Å²) in [6, 6.07) is 11.9. The van der Waals surface area contributed by atoms with E-state index in [4.69, 9.17) is 4.42 Å². The topological polar surface area (TPSA) is 51.0 Å². The van der Waals surface area contributed by atoms with Crippen molar-refractivity contribution in [3.63, 3.8) is 0 Å². The van der Waals surface area contributed by atoms with Crippen LogP contribution in [0.1, 0.15) is 12.5 Å². The van der Waals surface area contributed by atoms with E-state index in [-0.39, 0.29) is 0 Å². The molecule has 20 heavy (non-hydrogen) atoms. The van der Waals surface area contributed by atoms with Gasteiger partial charge in [-0.15, -0.1) is 0 Å². The van der Waals surface area contributed by atoms with Gasteiger partial charge in [0, 0.05) is 18.5 Å². The summed E-state index contributed by atoms with van der Waals surface area (Å²) in [6.07, 6.45) is 1.88. The van der Waals surface area contributed by atoms with Gasteiger partial charge in [0.25, 0.3) is 5.22 Å². The van der Waals surface area contributed by atoms with Crippen LogP contribution in [0, 0.1) is 0 Å². The zero-order valence-electron chi connectivity index (χ0n) is 11.2. The first kappa shape index (κ1) is 13.0. The first-order chi connectivity index (χ1) is 9.85. The molecule has 4 nitrogen and oxygen atoms in total. The Bertz CT molecular complexity index is 661. The Labute approximate surface area is 121 Å². The average Bonchev–Trinajstić information content (AvgIpc) is 2.90. The molecule has 0 spiro atoms. The minimum atomic E-state index is 0.696. The van der Waals surface area contributed by atoms with E-state index in [1.54, 1.807) is 11.8 Å². The normalized spacial score (nSPS) is 10.8. The minimum Gasteiger partial charge on any atom is -0.431 e. The van der Waals surface area contributed by atoms with E-state index in [1.165, 1.54) is 0 Å². The van der Waals surface area contributed by atoms with Gasteiger partial charge in [0.1, 0.15) is 11.3 Å². The molecule has 0 bridgehead atoms. The number of rotatable bonds is 5. The maximum Gasteiger partial charge on any atom is 0.257 e. The van der Waals surface area contributed by atoms with Gasteiger partial charge in [-0.25, -0.2) is 9.97 Å². The summed E-state index contributed by atoms with van der Waals surface area (Å²) in [5, 5.41) is 3.87.